The van der Waals surface area contributed by atoms with Crippen molar-refractivity contribution in [1.82, 2.24) is 4.98 Å². The molecule has 0 amide bonds. The third-order valence-corrected chi connectivity index (χ3v) is 6.98. The maximum atomic E-state index is 5.22. The summed E-state index contributed by atoms with van der Waals surface area (Å²) in [6, 6.07) is 8.29. The van der Waals surface area contributed by atoms with Crippen LogP contribution in [0.5, 0.6) is 5.75 Å². The van der Waals surface area contributed by atoms with Gasteiger partial charge in [0.15, 0.2) is 0 Å². The molecule has 156 valence electrons. The molecular formula is C24H37NOS2. The van der Waals surface area contributed by atoms with E-state index in [0.717, 1.165) is 17.9 Å². The molecule has 2 nitrogen and oxygen atoms in total. The standard InChI is InChI=1S/C24H37NOS2/c1-3-4-5-6-7-8-9-10-11-12-17-27-19-22-20-28-24(25-22)18-21-13-15-23(26-2)16-14-21/h13-16,20H,3-12,17-19H2,1-2H3. The summed E-state index contributed by atoms with van der Waals surface area (Å²) in [6.45, 7) is 2.29. The molecule has 0 aliphatic rings. The van der Waals surface area contributed by atoms with Crippen LogP contribution in [0.3, 0.4) is 0 Å². The van der Waals surface area contributed by atoms with Crippen molar-refractivity contribution < 1.29 is 4.74 Å². The molecule has 1 aromatic heterocycles. The lowest BCUT2D eigenvalue weighted by molar-refractivity contribution is 0.414. The third-order valence-electron chi connectivity index (χ3n) is 5.01. The summed E-state index contributed by atoms with van der Waals surface area (Å²) in [5.41, 5.74) is 2.53. The van der Waals surface area contributed by atoms with Crippen molar-refractivity contribution in [3.8, 4) is 5.75 Å². The fourth-order valence-electron chi connectivity index (χ4n) is 3.28. The minimum Gasteiger partial charge on any atom is -0.497 e. The number of nitrogens with zero attached hydrogens (tertiary/aromatic N) is 1. The van der Waals surface area contributed by atoms with E-state index < -0.39 is 0 Å². The number of aromatic nitrogens is 1. The van der Waals surface area contributed by atoms with Crippen LogP contribution >= 0.6 is 23.1 Å². The highest BCUT2D eigenvalue weighted by molar-refractivity contribution is 7.98. The Bertz CT molecular complexity index is 624. The van der Waals surface area contributed by atoms with E-state index in [9.17, 15) is 0 Å². The van der Waals surface area contributed by atoms with Crippen LogP contribution in [0.1, 0.15) is 87.4 Å². The first-order valence-corrected chi connectivity index (χ1v) is 13.0. The zero-order chi connectivity index (χ0) is 19.9. The highest BCUT2D eigenvalue weighted by Gasteiger charge is 2.04. The Labute approximate surface area is 180 Å². The number of rotatable bonds is 16. The Hall–Kier alpha value is -1.00. The Morgan fingerprint density at radius 2 is 1.54 bits per heavy atom. The van der Waals surface area contributed by atoms with Gasteiger partial charge in [-0.25, -0.2) is 4.98 Å². The summed E-state index contributed by atoms with van der Waals surface area (Å²) in [6.07, 6.45) is 15.0. The van der Waals surface area contributed by atoms with Gasteiger partial charge in [-0.2, -0.15) is 11.8 Å². The molecule has 0 atom stereocenters. The number of unbranched alkanes of at least 4 members (excludes halogenated alkanes) is 9. The van der Waals surface area contributed by atoms with Gasteiger partial charge in [-0.1, -0.05) is 76.8 Å². The molecule has 0 bridgehead atoms. The molecular weight excluding hydrogens is 382 g/mol. The van der Waals surface area contributed by atoms with Gasteiger partial charge in [0.25, 0.3) is 0 Å². The van der Waals surface area contributed by atoms with E-state index in [-0.39, 0.29) is 0 Å². The van der Waals surface area contributed by atoms with E-state index in [0.29, 0.717) is 0 Å². The van der Waals surface area contributed by atoms with Crippen LogP contribution in [0, 0.1) is 0 Å². The van der Waals surface area contributed by atoms with Crippen molar-refractivity contribution in [2.45, 2.75) is 83.3 Å². The monoisotopic (exact) mass is 419 g/mol. The third kappa shape index (κ3) is 9.97. The fourth-order valence-corrected chi connectivity index (χ4v) is 5.13. The van der Waals surface area contributed by atoms with Crippen LogP contribution in [0.25, 0.3) is 0 Å². The van der Waals surface area contributed by atoms with E-state index in [1.807, 2.05) is 23.9 Å². The second-order valence-electron chi connectivity index (χ2n) is 7.49. The second-order valence-corrected chi connectivity index (χ2v) is 9.54. The SMILES string of the molecule is CCCCCCCCCCCCSCc1csc(Cc2ccc(OC)cc2)n1. The molecule has 28 heavy (non-hydrogen) atoms. The Morgan fingerprint density at radius 3 is 2.18 bits per heavy atom. The van der Waals surface area contributed by atoms with Gasteiger partial charge in [-0.15, -0.1) is 11.3 Å². The topological polar surface area (TPSA) is 22.1 Å². The average molecular weight is 420 g/mol. The molecule has 2 rings (SSSR count). The molecule has 0 spiro atoms. The van der Waals surface area contributed by atoms with Crippen molar-refractivity contribution in [1.29, 1.82) is 0 Å². The summed E-state index contributed by atoms with van der Waals surface area (Å²) in [5, 5.41) is 3.43. The molecule has 2 aromatic rings. The van der Waals surface area contributed by atoms with E-state index in [2.05, 4.69) is 24.4 Å². The first kappa shape index (κ1) is 23.3. The Balaban J connectivity index is 1.48. The minimum absolute atomic E-state index is 0.909. The van der Waals surface area contributed by atoms with Crippen LogP contribution in [0.4, 0.5) is 0 Å². The highest BCUT2D eigenvalue weighted by atomic mass is 32.2. The number of thiazole rings is 1. The molecule has 0 saturated carbocycles. The summed E-state index contributed by atoms with van der Waals surface area (Å²) in [7, 11) is 1.70. The van der Waals surface area contributed by atoms with Crippen LogP contribution in [0.2, 0.25) is 0 Å². The molecule has 0 radical (unpaired) electrons. The van der Waals surface area contributed by atoms with Gasteiger partial charge in [0.1, 0.15) is 5.75 Å². The van der Waals surface area contributed by atoms with Crippen LogP contribution < -0.4 is 4.74 Å². The lowest BCUT2D eigenvalue weighted by atomic mass is 10.1. The van der Waals surface area contributed by atoms with Crippen molar-refractivity contribution in [3.63, 3.8) is 0 Å². The van der Waals surface area contributed by atoms with Gasteiger partial charge in [0.05, 0.1) is 17.8 Å². The molecule has 0 aliphatic carbocycles. The summed E-state index contributed by atoms with van der Waals surface area (Å²) >= 11 is 3.82. The molecule has 1 heterocycles. The average Bonchev–Trinajstić information content (AvgIpc) is 3.16. The number of thioether (sulfide) groups is 1. The van der Waals surface area contributed by atoms with Gasteiger partial charge < -0.3 is 4.74 Å². The quantitative estimate of drug-likeness (QED) is 0.258. The van der Waals surface area contributed by atoms with Gasteiger partial charge in [-0.3, -0.25) is 0 Å². The normalized spacial score (nSPS) is 11.1. The van der Waals surface area contributed by atoms with Crippen LogP contribution in [-0.4, -0.2) is 17.8 Å². The van der Waals surface area contributed by atoms with E-state index in [1.165, 1.54) is 86.2 Å². The Morgan fingerprint density at radius 1 is 0.893 bits per heavy atom. The molecule has 0 N–H and O–H groups in total. The van der Waals surface area contributed by atoms with Gasteiger partial charge in [0.2, 0.25) is 0 Å². The fraction of sp³-hybridized carbons (Fsp3) is 0.625. The number of hydrogen-bond acceptors (Lipinski definition) is 4. The first-order chi connectivity index (χ1) is 13.8. The van der Waals surface area contributed by atoms with E-state index in [1.54, 1.807) is 18.4 Å². The molecule has 0 aliphatic heterocycles. The summed E-state index contributed by atoms with van der Waals surface area (Å²) in [5.74, 6) is 3.23. The van der Waals surface area contributed by atoms with Crippen molar-refractivity contribution in [3.05, 3.63) is 45.9 Å². The zero-order valence-electron chi connectivity index (χ0n) is 17.8. The maximum Gasteiger partial charge on any atom is 0.118 e. The number of hydrogen-bond donors (Lipinski definition) is 0. The number of methoxy groups -OCH3 is 1. The number of benzene rings is 1. The van der Waals surface area contributed by atoms with Crippen LogP contribution in [-0.2, 0) is 12.2 Å². The Kier molecular flexibility index (Phi) is 12.4. The van der Waals surface area contributed by atoms with Crippen molar-refractivity contribution in [2.24, 2.45) is 0 Å². The maximum absolute atomic E-state index is 5.22. The predicted octanol–water partition coefficient (Wildman–Crippen LogP) is 7.90. The predicted molar refractivity (Wildman–Crippen MR) is 126 cm³/mol. The summed E-state index contributed by atoms with van der Waals surface area (Å²) < 4.78 is 5.22. The lowest BCUT2D eigenvalue weighted by Gasteiger charge is -2.02. The highest BCUT2D eigenvalue weighted by Crippen LogP contribution is 2.21. The molecule has 0 fully saturated rings. The lowest BCUT2D eigenvalue weighted by Crippen LogP contribution is -1.90. The smallest absolute Gasteiger partial charge is 0.118 e. The van der Waals surface area contributed by atoms with Gasteiger partial charge in [0, 0.05) is 17.6 Å². The second kappa shape index (κ2) is 14.9. The van der Waals surface area contributed by atoms with Crippen molar-refractivity contribution in [2.75, 3.05) is 12.9 Å². The molecule has 0 unspecified atom stereocenters. The van der Waals surface area contributed by atoms with Crippen LogP contribution in [0.15, 0.2) is 29.6 Å². The zero-order valence-corrected chi connectivity index (χ0v) is 19.4. The van der Waals surface area contributed by atoms with Gasteiger partial charge >= 0.3 is 0 Å². The van der Waals surface area contributed by atoms with Gasteiger partial charge in [-0.05, 0) is 29.9 Å². The van der Waals surface area contributed by atoms with E-state index >= 15 is 0 Å². The number of ether oxygens (including phenoxy) is 1. The molecule has 1 aromatic carbocycles. The largest absolute Gasteiger partial charge is 0.497 e. The molecule has 0 saturated heterocycles. The summed E-state index contributed by atoms with van der Waals surface area (Å²) in [4.78, 5) is 4.80. The van der Waals surface area contributed by atoms with Crippen molar-refractivity contribution >= 4 is 23.1 Å². The van der Waals surface area contributed by atoms with E-state index in [4.69, 9.17) is 9.72 Å². The minimum atomic E-state index is 0.909. The molecule has 4 heteroatoms. The first-order valence-electron chi connectivity index (χ1n) is 11.0.